The SMILES string of the molecule is COc1ccc(C(=O)N2CCC(Cc3ccccc3)CC2)cc1CN(C)S(=O)(=O)c1ccc(Cl)cc1. The number of benzene rings is 3. The Morgan fingerprint density at radius 3 is 2.33 bits per heavy atom. The van der Waals surface area contributed by atoms with E-state index in [-0.39, 0.29) is 17.3 Å². The Balaban J connectivity index is 1.44. The van der Waals surface area contributed by atoms with Crippen molar-refractivity contribution in [1.82, 2.24) is 9.21 Å². The molecule has 0 spiro atoms. The van der Waals surface area contributed by atoms with Crippen molar-refractivity contribution in [3.05, 3.63) is 94.5 Å². The molecule has 1 aliphatic heterocycles. The third-order valence-corrected chi connectivity index (χ3v) is 8.78. The minimum absolute atomic E-state index is 0.0414. The fraction of sp³-hybridized carbons (Fsp3) is 0.321. The Hall–Kier alpha value is -2.87. The van der Waals surface area contributed by atoms with Gasteiger partial charge in [0.25, 0.3) is 5.91 Å². The molecule has 1 fully saturated rings. The second-order valence-corrected chi connectivity index (χ2v) is 11.6. The van der Waals surface area contributed by atoms with E-state index in [4.69, 9.17) is 16.3 Å². The van der Waals surface area contributed by atoms with Crippen LogP contribution in [0, 0.1) is 5.92 Å². The number of carbonyl (C=O) groups excluding carboxylic acids is 1. The van der Waals surface area contributed by atoms with E-state index in [2.05, 4.69) is 24.3 Å². The molecule has 0 bridgehead atoms. The average molecular weight is 527 g/mol. The largest absolute Gasteiger partial charge is 0.496 e. The number of piperidine rings is 1. The Morgan fingerprint density at radius 2 is 1.69 bits per heavy atom. The fourth-order valence-electron chi connectivity index (χ4n) is 4.62. The summed E-state index contributed by atoms with van der Waals surface area (Å²) in [5, 5.41) is 0.466. The Labute approximate surface area is 218 Å². The summed E-state index contributed by atoms with van der Waals surface area (Å²) in [5.41, 5.74) is 2.49. The number of sulfonamides is 1. The average Bonchev–Trinajstić information content (AvgIpc) is 2.89. The van der Waals surface area contributed by atoms with Crippen LogP contribution >= 0.6 is 11.6 Å². The predicted molar refractivity (Wildman–Crippen MR) is 142 cm³/mol. The molecule has 1 aliphatic rings. The molecule has 3 aromatic rings. The molecule has 3 aromatic carbocycles. The molecular weight excluding hydrogens is 496 g/mol. The molecule has 0 atom stereocenters. The van der Waals surface area contributed by atoms with Crippen LogP contribution in [0.15, 0.2) is 77.7 Å². The zero-order valence-corrected chi connectivity index (χ0v) is 22.1. The van der Waals surface area contributed by atoms with Gasteiger partial charge < -0.3 is 9.64 Å². The summed E-state index contributed by atoms with van der Waals surface area (Å²) in [6, 6.07) is 21.7. The third kappa shape index (κ3) is 6.09. The normalized spacial score (nSPS) is 14.7. The van der Waals surface area contributed by atoms with E-state index in [0.29, 0.717) is 40.9 Å². The molecule has 0 saturated carbocycles. The van der Waals surface area contributed by atoms with Gasteiger partial charge in [-0.3, -0.25) is 4.79 Å². The lowest BCUT2D eigenvalue weighted by atomic mass is 9.90. The van der Waals surface area contributed by atoms with Gasteiger partial charge in [-0.25, -0.2) is 8.42 Å². The van der Waals surface area contributed by atoms with Crippen LogP contribution in [0.1, 0.15) is 34.3 Å². The van der Waals surface area contributed by atoms with Crippen molar-refractivity contribution in [2.45, 2.75) is 30.7 Å². The Bertz CT molecular complexity index is 1290. The van der Waals surface area contributed by atoms with Crippen LogP contribution < -0.4 is 4.74 Å². The number of amides is 1. The maximum Gasteiger partial charge on any atom is 0.253 e. The lowest BCUT2D eigenvalue weighted by Crippen LogP contribution is -2.39. The van der Waals surface area contributed by atoms with E-state index in [0.717, 1.165) is 19.3 Å². The zero-order valence-electron chi connectivity index (χ0n) is 20.6. The van der Waals surface area contributed by atoms with E-state index >= 15 is 0 Å². The van der Waals surface area contributed by atoms with Crippen LogP contribution in [0.3, 0.4) is 0 Å². The van der Waals surface area contributed by atoms with Crippen molar-refractivity contribution >= 4 is 27.5 Å². The van der Waals surface area contributed by atoms with Crippen LogP contribution in [0.25, 0.3) is 0 Å². The Kier molecular flexibility index (Phi) is 8.34. The lowest BCUT2D eigenvalue weighted by Gasteiger charge is -2.32. The van der Waals surface area contributed by atoms with E-state index in [1.807, 2.05) is 11.0 Å². The number of likely N-dealkylation sites (tertiary alicyclic amines) is 1. The maximum absolute atomic E-state index is 13.3. The first-order valence-corrected chi connectivity index (χ1v) is 13.8. The van der Waals surface area contributed by atoms with E-state index in [9.17, 15) is 13.2 Å². The van der Waals surface area contributed by atoms with Gasteiger partial charge in [0.1, 0.15) is 5.75 Å². The molecule has 0 radical (unpaired) electrons. The van der Waals surface area contributed by atoms with Crippen molar-refractivity contribution in [2.24, 2.45) is 5.92 Å². The number of methoxy groups -OCH3 is 1. The number of halogens is 1. The van der Waals surface area contributed by atoms with Gasteiger partial charge >= 0.3 is 0 Å². The van der Waals surface area contributed by atoms with Gasteiger partial charge in [0.2, 0.25) is 10.0 Å². The van der Waals surface area contributed by atoms with Crippen LogP contribution in [-0.2, 0) is 23.0 Å². The third-order valence-electron chi connectivity index (χ3n) is 6.71. The minimum Gasteiger partial charge on any atom is -0.496 e. The number of rotatable bonds is 8. The molecule has 8 heteroatoms. The number of nitrogens with zero attached hydrogens (tertiary/aromatic N) is 2. The second kappa shape index (κ2) is 11.5. The zero-order chi connectivity index (χ0) is 25.7. The van der Waals surface area contributed by atoms with E-state index in [1.54, 1.807) is 30.3 Å². The van der Waals surface area contributed by atoms with Crippen LogP contribution in [0.4, 0.5) is 0 Å². The first kappa shape index (κ1) is 26.2. The molecule has 0 aromatic heterocycles. The van der Waals surface area contributed by atoms with Gasteiger partial charge in [-0.2, -0.15) is 4.31 Å². The molecule has 36 heavy (non-hydrogen) atoms. The molecule has 1 amide bonds. The molecule has 0 aliphatic carbocycles. The monoisotopic (exact) mass is 526 g/mol. The summed E-state index contributed by atoms with van der Waals surface area (Å²) in [7, 11) is -0.698. The summed E-state index contributed by atoms with van der Waals surface area (Å²) >= 11 is 5.91. The standard InChI is InChI=1S/C28H31ClN2O4S/c1-30(36(33,34)26-11-9-25(29)10-12-26)20-24-19-23(8-13-27(24)35-2)28(32)31-16-14-22(15-17-31)18-21-6-4-3-5-7-21/h3-13,19,22H,14-18,20H2,1-2H3. The summed E-state index contributed by atoms with van der Waals surface area (Å²) in [6.07, 6.45) is 2.96. The van der Waals surface area contributed by atoms with Gasteiger partial charge in [0.05, 0.1) is 12.0 Å². The summed E-state index contributed by atoms with van der Waals surface area (Å²) in [6.45, 7) is 1.49. The summed E-state index contributed by atoms with van der Waals surface area (Å²) < 4.78 is 32.8. The van der Waals surface area contributed by atoms with Crippen LogP contribution in [0.2, 0.25) is 5.02 Å². The van der Waals surface area contributed by atoms with Crippen molar-refractivity contribution in [3.8, 4) is 5.75 Å². The van der Waals surface area contributed by atoms with Crippen LogP contribution in [-0.4, -0.2) is 50.8 Å². The highest BCUT2D eigenvalue weighted by atomic mass is 35.5. The van der Waals surface area contributed by atoms with Crippen molar-refractivity contribution < 1.29 is 17.9 Å². The maximum atomic E-state index is 13.3. The fourth-order valence-corrected chi connectivity index (χ4v) is 5.89. The summed E-state index contributed by atoms with van der Waals surface area (Å²) in [4.78, 5) is 15.3. The molecular formula is C28H31ClN2O4S. The van der Waals surface area contributed by atoms with E-state index in [1.165, 1.54) is 36.2 Å². The molecule has 1 heterocycles. The highest BCUT2D eigenvalue weighted by Crippen LogP contribution is 2.27. The van der Waals surface area contributed by atoms with Gasteiger partial charge in [-0.1, -0.05) is 41.9 Å². The lowest BCUT2D eigenvalue weighted by molar-refractivity contribution is 0.0690. The van der Waals surface area contributed by atoms with Crippen molar-refractivity contribution in [2.75, 3.05) is 27.2 Å². The Morgan fingerprint density at radius 1 is 1.03 bits per heavy atom. The number of ether oxygens (including phenoxy) is 1. The molecule has 0 unspecified atom stereocenters. The first-order valence-electron chi connectivity index (χ1n) is 12.0. The van der Waals surface area contributed by atoms with Crippen molar-refractivity contribution in [1.29, 1.82) is 0 Å². The van der Waals surface area contributed by atoms with Gasteiger partial charge in [0.15, 0.2) is 0 Å². The van der Waals surface area contributed by atoms with E-state index < -0.39 is 10.0 Å². The highest BCUT2D eigenvalue weighted by Gasteiger charge is 2.26. The molecule has 0 N–H and O–H groups in total. The summed E-state index contributed by atoms with van der Waals surface area (Å²) in [5.74, 6) is 1.06. The highest BCUT2D eigenvalue weighted by molar-refractivity contribution is 7.89. The van der Waals surface area contributed by atoms with Crippen molar-refractivity contribution in [3.63, 3.8) is 0 Å². The minimum atomic E-state index is -3.74. The second-order valence-electron chi connectivity index (χ2n) is 9.17. The molecule has 6 nitrogen and oxygen atoms in total. The quantitative estimate of drug-likeness (QED) is 0.401. The molecule has 190 valence electrons. The van der Waals surface area contributed by atoms with Crippen LogP contribution in [0.5, 0.6) is 5.75 Å². The smallest absolute Gasteiger partial charge is 0.253 e. The van der Waals surface area contributed by atoms with Gasteiger partial charge in [-0.05, 0) is 73.2 Å². The molecule has 4 rings (SSSR count). The first-order chi connectivity index (χ1) is 17.3. The number of hydrogen-bond acceptors (Lipinski definition) is 4. The molecule has 1 saturated heterocycles. The number of carbonyl (C=O) groups is 1. The number of hydrogen-bond donors (Lipinski definition) is 0. The van der Waals surface area contributed by atoms with Gasteiger partial charge in [0, 0.05) is 42.8 Å². The predicted octanol–water partition coefficient (Wildman–Crippen LogP) is 5.26. The van der Waals surface area contributed by atoms with Gasteiger partial charge in [-0.15, -0.1) is 0 Å². The topological polar surface area (TPSA) is 66.9 Å².